The van der Waals surface area contributed by atoms with E-state index in [-0.39, 0.29) is 24.8 Å². The maximum atomic E-state index is 12.5. The number of hydrogen-bond donors (Lipinski definition) is 2. The second kappa shape index (κ2) is 11.1. The topological polar surface area (TPSA) is 84.5 Å². The lowest BCUT2D eigenvalue weighted by molar-refractivity contribution is -0.125. The Labute approximate surface area is 191 Å². The van der Waals surface area contributed by atoms with Gasteiger partial charge in [0.25, 0.3) is 5.91 Å². The van der Waals surface area contributed by atoms with Crippen molar-refractivity contribution in [3.8, 4) is 5.75 Å². The number of aryl methyl sites for hydroxylation is 1. The summed E-state index contributed by atoms with van der Waals surface area (Å²) in [5.74, 6) is -0.440. The van der Waals surface area contributed by atoms with Gasteiger partial charge < -0.3 is 15.4 Å². The van der Waals surface area contributed by atoms with Gasteiger partial charge in [-0.2, -0.15) is 0 Å². The van der Waals surface area contributed by atoms with Gasteiger partial charge >= 0.3 is 0 Å². The Kier molecular flexibility index (Phi) is 8.00. The minimum atomic E-state index is -0.426. The zero-order chi connectivity index (χ0) is 22.9. The van der Waals surface area contributed by atoms with Crippen molar-refractivity contribution in [3.63, 3.8) is 0 Å². The van der Waals surface area contributed by atoms with Crippen LogP contribution in [0.1, 0.15) is 28.4 Å². The summed E-state index contributed by atoms with van der Waals surface area (Å²) in [5.41, 5.74) is 2.78. The van der Waals surface area contributed by atoms with E-state index >= 15 is 0 Å². The molecule has 0 aliphatic carbocycles. The van der Waals surface area contributed by atoms with Crippen LogP contribution >= 0.6 is 11.6 Å². The Bertz CT molecular complexity index is 1100. The molecule has 0 radical (unpaired) electrons. The van der Waals surface area contributed by atoms with E-state index in [0.717, 1.165) is 17.7 Å². The summed E-state index contributed by atoms with van der Waals surface area (Å²) in [4.78, 5) is 36.6. The number of ketones is 1. The van der Waals surface area contributed by atoms with E-state index in [0.29, 0.717) is 21.9 Å². The van der Waals surface area contributed by atoms with Crippen molar-refractivity contribution in [2.75, 3.05) is 18.5 Å². The molecule has 2 amide bonds. The molecule has 0 bridgehead atoms. The molecule has 2 N–H and O–H groups in total. The second-order valence-electron chi connectivity index (χ2n) is 6.98. The molecule has 0 aliphatic rings. The summed E-state index contributed by atoms with van der Waals surface area (Å²) in [6.07, 6.45) is 0.792. The molecule has 0 unspecified atom stereocenters. The van der Waals surface area contributed by atoms with Crippen LogP contribution in [0.5, 0.6) is 5.75 Å². The molecule has 0 spiro atoms. The van der Waals surface area contributed by atoms with E-state index in [4.69, 9.17) is 16.3 Å². The first-order valence-electron chi connectivity index (χ1n) is 10.1. The van der Waals surface area contributed by atoms with Crippen molar-refractivity contribution >= 4 is 34.9 Å². The number of carbonyl (C=O) groups is 3. The lowest BCUT2D eigenvalue weighted by Gasteiger charge is -2.11. The first kappa shape index (κ1) is 23.0. The van der Waals surface area contributed by atoms with E-state index < -0.39 is 5.91 Å². The first-order chi connectivity index (χ1) is 15.5. The third-order valence-electron chi connectivity index (χ3n) is 4.71. The van der Waals surface area contributed by atoms with Crippen molar-refractivity contribution in [1.82, 2.24) is 5.32 Å². The van der Waals surface area contributed by atoms with Gasteiger partial charge in [0.15, 0.2) is 12.4 Å². The van der Waals surface area contributed by atoms with E-state index in [1.54, 1.807) is 48.5 Å². The fraction of sp³-hybridized carbons (Fsp3) is 0.160. The lowest BCUT2D eigenvalue weighted by atomic mass is 10.0. The Morgan fingerprint density at radius 2 is 1.47 bits per heavy atom. The summed E-state index contributed by atoms with van der Waals surface area (Å²) in [5, 5.41) is 5.88. The molecule has 32 heavy (non-hydrogen) atoms. The maximum absolute atomic E-state index is 12.5. The number of ether oxygens (including phenoxy) is 1. The SMILES string of the molecule is CCc1ccccc1NC(=O)CNC(=O)COc1ccc(C(=O)c2ccc(Cl)cc2)cc1. The quantitative estimate of drug-likeness (QED) is 0.477. The molecule has 0 aliphatic heterocycles. The van der Waals surface area contributed by atoms with Crippen LogP contribution in [0, 0.1) is 0 Å². The molecule has 3 aromatic carbocycles. The number of rotatable bonds is 9. The number of carbonyl (C=O) groups excluding carboxylic acids is 3. The zero-order valence-corrected chi connectivity index (χ0v) is 18.3. The van der Waals surface area contributed by atoms with Gasteiger partial charge in [-0.05, 0) is 66.6 Å². The van der Waals surface area contributed by atoms with Gasteiger partial charge in [0.05, 0.1) is 6.54 Å². The molecule has 3 aromatic rings. The molecule has 3 rings (SSSR count). The maximum Gasteiger partial charge on any atom is 0.258 e. The van der Waals surface area contributed by atoms with Gasteiger partial charge in [-0.3, -0.25) is 14.4 Å². The number of halogens is 1. The fourth-order valence-corrected chi connectivity index (χ4v) is 3.12. The zero-order valence-electron chi connectivity index (χ0n) is 17.6. The molecular weight excluding hydrogens is 428 g/mol. The summed E-state index contributed by atoms with van der Waals surface area (Å²) < 4.78 is 5.44. The third kappa shape index (κ3) is 6.43. The minimum Gasteiger partial charge on any atom is -0.484 e. The highest BCUT2D eigenvalue weighted by atomic mass is 35.5. The predicted molar refractivity (Wildman–Crippen MR) is 124 cm³/mol. The van der Waals surface area contributed by atoms with Crippen LogP contribution in [0.15, 0.2) is 72.8 Å². The highest BCUT2D eigenvalue weighted by Crippen LogP contribution is 2.17. The van der Waals surface area contributed by atoms with E-state index in [1.165, 1.54) is 0 Å². The molecule has 6 nitrogen and oxygen atoms in total. The molecule has 0 atom stereocenters. The van der Waals surface area contributed by atoms with Crippen LogP contribution in [-0.2, 0) is 16.0 Å². The third-order valence-corrected chi connectivity index (χ3v) is 4.96. The van der Waals surface area contributed by atoms with Crippen LogP contribution in [-0.4, -0.2) is 30.7 Å². The van der Waals surface area contributed by atoms with Crippen molar-refractivity contribution < 1.29 is 19.1 Å². The molecule has 0 aromatic heterocycles. The van der Waals surface area contributed by atoms with Crippen LogP contribution in [0.3, 0.4) is 0 Å². The van der Waals surface area contributed by atoms with Gasteiger partial charge in [-0.1, -0.05) is 36.7 Å². The Morgan fingerprint density at radius 3 is 2.12 bits per heavy atom. The molecular formula is C25H23ClN2O4. The number of para-hydroxylation sites is 1. The van der Waals surface area contributed by atoms with Gasteiger partial charge in [0, 0.05) is 21.8 Å². The van der Waals surface area contributed by atoms with Crippen LogP contribution in [0.25, 0.3) is 0 Å². The Morgan fingerprint density at radius 1 is 0.844 bits per heavy atom. The molecule has 0 saturated carbocycles. The largest absolute Gasteiger partial charge is 0.484 e. The minimum absolute atomic E-state index is 0.137. The average Bonchev–Trinajstić information content (AvgIpc) is 2.82. The summed E-state index contributed by atoms with van der Waals surface area (Å²) >= 11 is 5.85. The normalized spacial score (nSPS) is 10.3. The van der Waals surface area contributed by atoms with Gasteiger partial charge in [0.2, 0.25) is 5.91 Å². The summed E-state index contributed by atoms with van der Waals surface area (Å²) in [6, 6.07) is 20.7. The number of benzene rings is 3. The summed E-state index contributed by atoms with van der Waals surface area (Å²) in [6.45, 7) is 1.60. The Hall–Kier alpha value is -3.64. The van der Waals surface area contributed by atoms with Crippen molar-refractivity contribution in [1.29, 1.82) is 0 Å². The Balaban J connectivity index is 1.45. The molecule has 0 fully saturated rings. The number of hydrogen-bond acceptors (Lipinski definition) is 4. The van der Waals surface area contributed by atoms with Crippen LogP contribution < -0.4 is 15.4 Å². The monoisotopic (exact) mass is 450 g/mol. The highest BCUT2D eigenvalue weighted by Gasteiger charge is 2.11. The van der Waals surface area contributed by atoms with Crippen molar-refractivity contribution in [3.05, 3.63) is 94.5 Å². The standard InChI is InChI=1S/C25H23ClN2O4/c1-2-17-5-3-4-6-22(17)28-23(29)15-27-24(30)16-32-21-13-9-19(10-14-21)25(31)18-7-11-20(26)12-8-18/h3-14H,2,15-16H2,1H3,(H,27,30)(H,28,29). The fourth-order valence-electron chi connectivity index (χ4n) is 2.99. The number of nitrogens with one attached hydrogen (secondary N) is 2. The van der Waals surface area contributed by atoms with E-state index in [9.17, 15) is 14.4 Å². The highest BCUT2D eigenvalue weighted by molar-refractivity contribution is 6.30. The molecule has 0 saturated heterocycles. The van der Waals surface area contributed by atoms with Crippen molar-refractivity contribution in [2.45, 2.75) is 13.3 Å². The van der Waals surface area contributed by atoms with Gasteiger partial charge in [-0.25, -0.2) is 0 Å². The summed E-state index contributed by atoms with van der Waals surface area (Å²) in [7, 11) is 0. The first-order valence-corrected chi connectivity index (χ1v) is 10.5. The predicted octanol–water partition coefficient (Wildman–Crippen LogP) is 4.27. The molecule has 0 heterocycles. The van der Waals surface area contributed by atoms with Crippen LogP contribution in [0.4, 0.5) is 5.69 Å². The van der Waals surface area contributed by atoms with Gasteiger partial charge in [-0.15, -0.1) is 0 Å². The van der Waals surface area contributed by atoms with E-state index in [1.807, 2.05) is 31.2 Å². The van der Waals surface area contributed by atoms with Crippen LogP contribution in [0.2, 0.25) is 5.02 Å². The number of amides is 2. The van der Waals surface area contributed by atoms with Crippen molar-refractivity contribution in [2.24, 2.45) is 0 Å². The van der Waals surface area contributed by atoms with E-state index in [2.05, 4.69) is 10.6 Å². The second-order valence-corrected chi connectivity index (χ2v) is 7.42. The smallest absolute Gasteiger partial charge is 0.258 e. The lowest BCUT2D eigenvalue weighted by Crippen LogP contribution is -2.35. The molecule has 7 heteroatoms. The average molecular weight is 451 g/mol. The molecule has 164 valence electrons. The van der Waals surface area contributed by atoms with Gasteiger partial charge in [0.1, 0.15) is 5.75 Å². The number of anilines is 1.